The zero-order valence-electron chi connectivity index (χ0n) is 13.7. The van der Waals surface area contributed by atoms with E-state index in [2.05, 4.69) is 20.8 Å². The molecular formula is C17H12N6O3S. The Morgan fingerprint density at radius 3 is 2.70 bits per heavy atom. The highest BCUT2D eigenvalue weighted by molar-refractivity contribution is 7.99. The molecule has 2 aromatic carbocycles. The molecule has 0 fully saturated rings. The molecule has 0 bridgehead atoms. The third kappa shape index (κ3) is 4.47. The van der Waals surface area contributed by atoms with Crippen LogP contribution in [0.3, 0.4) is 0 Å². The lowest BCUT2D eigenvalue weighted by atomic mass is 10.2. The summed E-state index contributed by atoms with van der Waals surface area (Å²) >= 11 is 1.13. The van der Waals surface area contributed by atoms with Crippen molar-refractivity contribution >= 4 is 29.3 Å². The van der Waals surface area contributed by atoms with Gasteiger partial charge in [-0.1, -0.05) is 17.8 Å². The number of carboxylic acid groups (broad SMARTS) is 1. The fraction of sp³-hybridized carbons (Fsp3) is 0.0588. The number of rotatable bonds is 6. The summed E-state index contributed by atoms with van der Waals surface area (Å²) in [5, 5.41) is 32.3. The van der Waals surface area contributed by atoms with Crippen molar-refractivity contribution in [3.63, 3.8) is 0 Å². The second-order valence-electron chi connectivity index (χ2n) is 5.25. The fourth-order valence-corrected chi connectivity index (χ4v) is 2.86. The van der Waals surface area contributed by atoms with Crippen LogP contribution < -0.4 is 5.32 Å². The monoisotopic (exact) mass is 380 g/mol. The highest BCUT2D eigenvalue weighted by Gasteiger charge is 2.12. The molecule has 0 radical (unpaired) electrons. The Bertz CT molecular complexity index is 1030. The van der Waals surface area contributed by atoms with Crippen LogP contribution >= 0.6 is 11.8 Å². The van der Waals surface area contributed by atoms with E-state index >= 15 is 0 Å². The van der Waals surface area contributed by atoms with Gasteiger partial charge in [-0.2, -0.15) is 9.94 Å². The Labute approximate surface area is 157 Å². The van der Waals surface area contributed by atoms with E-state index in [1.807, 2.05) is 6.07 Å². The standard InChI is InChI=1S/C17H12N6O3S/c18-9-11-2-1-3-13(8-11)19-15(24)10-27-17-20-21-22-23(17)14-6-4-12(5-7-14)16(25)26/h1-8H,10H2,(H,19,24)(H,25,26). The van der Waals surface area contributed by atoms with Crippen LogP contribution in [-0.2, 0) is 4.79 Å². The number of amides is 1. The number of anilines is 1. The van der Waals surface area contributed by atoms with Crippen LogP contribution in [0.25, 0.3) is 5.69 Å². The minimum absolute atomic E-state index is 0.0599. The predicted molar refractivity (Wildman–Crippen MR) is 96.6 cm³/mol. The molecule has 27 heavy (non-hydrogen) atoms. The van der Waals surface area contributed by atoms with E-state index in [1.54, 1.807) is 36.4 Å². The van der Waals surface area contributed by atoms with Gasteiger partial charge in [0.2, 0.25) is 11.1 Å². The first-order valence-electron chi connectivity index (χ1n) is 7.62. The molecule has 9 nitrogen and oxygen atoms in total. The van der Waals surface area contributed by atoms with Gasteiger partial charge in [0.25, 0.3) is 0 Å². The molecular weight excluding hydrogens is 368 g/mol. The molecule has 134 valence electrons. The van der Waals surface area contributed by atoms with Gasteiger partial charge in [-0.05, 0) is 52.9 Å². The van der Waals surface area contributed by atoms with Gasteiger partial charge in [0.15, 0.2) is 0 Å². The summed E-state index contributed by atoms with van der Waals surface area (Å²) in [7, 11) is 0. The van der Waals surface area contributed by atoms with Crippen LogP contribution in [0.2, 0.25) is 0 Å². The summed E-state index contributed by atoms with van der Waals surface area (Å²) < 4.78 is 1.42. The molecule has 0 saturated heterocycles. The molecule has 2 N–H and O–H groups in total. The maximum atomic E-state index is 12.1. The number of carbonyl (C=O) groups is 2. The number of nitrogens with one attached hydrogen (secondary N) is 1. The quantitative estimate of drug-likeness (QED) is 0.620. The lowest BCUT2D eigenvalue weighted by Crippen LogP contribution is -2.14. The molecule has 0 spiro atoms. The summed E-state index contributed by atoms with van der Waals surface area (Å²) in [6.45, 7) is 0. The van der Waals surface area contributed by atoms with Crippen LogP contribution in [0.4, 0.5) is 5.69 Å². The molecule has 10 heteroatoms. The number of benzene rings is 2. The van der Waals surface area contributed by atoms with Crippen molar-refractivity contribution in [2.45, 2.75) is 5.16 Å². The van der Waals surface area contributed by atoms with Crippen molar-refractivity contribution in [1.29, 1.82) is 5.26 Å². The summed E-state index contributed by atoms with van der Waals surface area (Å²) in [5.41, 5.74) is 1.72. The summed E-state index contributed by atoms with van der Waals surface area (Å²) in [5.74, 6) is -1.24. The van der Waals surface area contributed by atoms with Gasteiger partial charge in [0, 0.05) is 5.69 Å². The first-order chi connectivity index (χ1) is 13.1. The van der Waals surface area contributed by atoms with Gasteiger partial charge in [0.05, 0.1) is 28.6 Å². The smallest absolute Gasteiger partial charge is 0.335 e. The molecule has 0 unspecified atom stereocenters. The number of tetrazole rings is 1. The topological polar surface area (TPSA) is 134 Å². The maximum Gasteiger partial charge on any atom is 0.335 e. The highest BCUT2D eigenvalue weighted by atomic mass is 32.2. The zero-order valence-corrected chi connectivity index (χ0v) is 14.6. The minimum atomic E-state index is -1.02. The lowest BCUT2D eigenvalue weighted by Gasteiger charge is -2.06. The zero-order chi connectivity index (χ0) is 19.2. The number of hydrogen-bond acceptors (Lipinski definition) is 7. The van der Waals surface area contributed by atoms with E-state index in [0.29, 0.717) is 22.1 Å². The summed E-state index contributed by atoms with van der Waals surface area (Å²) in [6.07, 6.45) is 0. The first-order valence-corrected chi connectivity index (χ1v) is 8.60. The van der Waals surface area contributed by atoms with Crippen LogP contribution in [0.1, 0.15) is 15.9 Å². The lowest BCUT2D eigenvalue weighted by molar-refractivity contribution is -0.113. The Morgan fingerprint density at radius 1 is 1.22 bits per heavy atom. The van der Waals surface area contributed by atoms with Gasteiger partial charge in [0.1, 0.15) is 0 Å². The number of aromatic nitrogens is 4. The highest BCUT2D eigenvalue weighted by Crippen LogP contribution is 2.19. The van der Waals surface area contributed by atoms with Gasteiger partial charge in [-0.15, -0.1) is 5.10 Å². The molecule has 0 saturated carbocycles. The molecule has 0 atom stereocenters. The van der Waals surface area contributed by atoms with Crippen molar-refractivity contribution in [3.05, 3.63) is 59.7 Å². The van der Waals surface area contributed by atoms with Crippen molar-refractivity contribution in [2.24, 2.45) is 0 Å². The molecule has 0 aliphatic carbocycles. The Hall–Kier alpha value is -3.71. The number of hydrogen-bond donors (Lipinski definition) is 2. The Balaban J connectivity index is 1.65. The van der Waals surface area contributed by atoms with Crippen LogP contribution in [-0.4, -0.2) is 42.9 Å². The molecule has 1 amide bonds. The van der Waals surface area contributed by atoms with Crippen LogP contribution in [0, 0.1) is 11.3 Å². The third-order valence-corrected chi connectivity index (χ3v) is 4.33. The largest absolute Gasteiger partial charge is 0.478 e. The van der Waals surface area contributed by atoms with Gasteiger partial charge < -0.3 is 10.4 Å². The number of carbonyl (C=O) groups excluding carboxylic acids is 1. The van der Waals surface area contributed by atoms with Crippen LogP contribution in [0.15, 0.2) is 53.7 Å². The van der Waals surface area contributed by atoms with Gasteiger partial charge >= 0.3 is 5.97 Å². The molecule has 1 aromatic heterocycles. The third-order valence-electron chi connectivity index (χ3n) is 3.41. The van der Waals surface area contributed by atoms with Crippen molar-refractivity contribution in [1.82, 2.24) is 20.2 Å². The number of aromatic carboxylic acids is 1. The molecule has 3 aromatic rings. The van der Waals surface area contributed by atoms with Gasteiger partial charge in [-0.3, -0.25) is 4.79 Å². The minimum Gasteiger partial charge on any atom is -0.478 e. The predicted octanol–water partition coefficient (Wildman–Crippen LogP) is 1.96. The molecule has 0 aliphatic heterocycles. The number of thioether (sulfide) groups is 1. The molecule has 0 aliphatic rings. The fourth-order valence-electron chi connectivity index (χ4n) is 2.17. The molecule has 3 rings (SSSR count). The van der Waals surface area contributed by atoms with Crippen molar-refractivity contribution in [3.8, 4) is 11.8 Å². The Morgan fingerprint density at radius 2 is 2.00 bits per heavy atom. The van der Waals surface area contributed by atoms with Crippen LogP contribution in [0.5, 0.6) is 0 Å². The van der Waals surface area contributed by atoms with E-state index in [1.165, 1.54) is 16.8 Å². The van der Waals surface area contributed by atoms with E-state index in [0.717, 1.165) is 11.8 Å². The average molecular weight is 380 g/mol. The van der Waals surface area contributed by atoms with Crippen molar-refractivity contribution in [2.75, 3.05) is 11.1 Å². The first kappa shape index (κ1) is 18.1. The average Bonchev–Trinajstić information content (AvgIpc) is 3.15. The SMILES string of the molecule is N#Cc1cccc(NC(=O)CSc2nnnn2-c2ccc(C(=O)O)cc2)c1. The Kier molecular flexibility index (Phi) is 5.44. The number of nitriles is 1. The second-order valence-corrected chi connectivity index (χ2v) is 6.20. The van der Waals surface area contributed by atoms with E-state index < -0.39 is 5.97 Å². The maximum absolute atomic E-state index is 12.1. The number of nitrogens with zero attached hydrogens (tertiary/aromatic N) is 5. The van der Waals surface area contributed by atoms with Crippen molar-refractivity contribution < 1.29 is 14.7 Å². The second kappa shape index (κ2) is 8.11. The van der Waals surface area contributed by atoms with E-state index in [-0.39, 0.29) is 17.2 Å². The van der Waals surface area contributed by atoms with Gasteiger partial charge in [-0.25, -0.2) is 4.79 Å². The molecule has 1 heterocycles. The summed E-state index contributed by atoms with van der Waals surface area (Å²) in [6, 6.07) is 14.7. The number of carboxylic acids is 1. The van der Waals surface area contributed by atoms with E-state index in [9.17, 15) is 9.59 Å². The normalized spacial score (nSPS) is 10.2. The summed E-state index contributed by atoms with van der Waals surface area (Å²) in [4.78, 5) is 23.0. The van der Waals surface area contributed by atoms with E-state index in [4.69, 9.17) is 10.4 Å².